The monoisotopic (exact) mass is 551 g/mol. The molecule has 42 heavy (non-hydrogen) atoms. The molecule has 0 aliphatic rings. The summed E-state index contributed by atoms with van der Waals surface area (Å²) in [7, 11) is 0. The third-order valence-electron chi connectivity index (χ3n) is 8.56. The molecule has 0 aliphatic heterocycles. The lowest BCUT2D eigenvalue weighted by Crippen LogP contribution is -1.94. The van der Waals surface area contributed by atoms with Crippen molar-refractivity contribution in [2.24, 2.45) is 0 Å². The van der Waals surface area contributed by atoms with Gasteiger partial charge in [-0.05, 0) is 75.5 Å². The molecule has 0 radical (unpaired) electrons. The topological polar surface area (TPSA) is 4.93 Å². The van der Waals surface area contributed by atoms with Gasteiger partial charge in [0.15, 0.2) is 0 Å². The number of rotatable bonds is 3. The molecule has 9 rings (SSSR count). The highest BCUT2D eigenvalue weighted by atomic mass is 32.1. The smallest absolute Gasteiger partial charge is 0.0547 e. The number of hydrogen-bond donors (Lipinski definition) is 0. The van der Waals surface area contributed by atoms with Crippen LogP contribution in [-0.2, 0) is 0 Å². The van der Waals surface area contributed by atoms with E-state index in [-0.39, 0.29) is 0 Å². The van der Waals surface area contributed by atoms with E-state index in [2.05, 4.69) is 156 Å². The molecule has 0 saturated heterocycles. The second kappa shape index (κ2) is 9.17. The summed E-state index contributed by atoms with van der Waals surface area (Å²) in [4.78, 5) is 0. The Morgan fingerprint density at radius 2 is 1.07 bits per heavy atom. The minimum atomic E-state index is 1.17. The van der Waals surface area contributed by atoms with Crippen LogP contribution < -0.4 is 0 Å². The fraction of sp³-hybridized carbons (Fsp3) is 0. The molecule has 9 aromatic rings. The van der Waals surface area contributed by atoms with Crippen molar-refractivity contribution in [3.63, 3.8) is 0 Å². The van der Waals surface area contributed by atoms with Crippen molar-refractivity contribution in [2.45, 2.75) is 0 Å². The fourth-order valence-corrected chi connectivity index (χ4v) is 7.84. The molecule has 0 atom stereocenters. The minimum Gasteiger partial charge on any atom is -0.309 e. The number of benzene rings is 7. The van der Waals surface area contributed by atoms with Crippen molar-refractivity contribution >= 4 is 64.1 Å². The standard InChI is InChI=1S/C40H25NS/c1-2-11-29-25-38-36(24-28(29)10-1)33-16-3-5-20-37(33)41(38)31-15-8-13-27(23-31)26-12-7-14-30(22-26)32-18-9-19-35-34-17-4-6-21-39(34)42-40(32)35/h1-25H. The molecule has 2 heteroatoms. The summed E-state index contributed by atoms with van der Waals surface area (Å²) in [6, 6.07) is 55.5. The van der Waals surface area contributed by atoms with Crippen molar-refractivity contribution in [1.29, 1.82) is 0 Å². The van der Waals surface area contributed by atoms with Crippen molar-refractivity contribution in [1.82, 2.24) is 4.57 Å². The minimum absolute atomic E-state index is 1.17. The van der Waals surface area contributed by atoms with Crippen LogP contribution in [-0.4, -0.2) is 4.57 Å². The lowest BCUT2D eigenvalue weighted by molar-refractivity contribution is 1.18. The molecule has 7 aromatic carbocycles. The Kier molecular flexibility index (Phi) is 5.13. The normalized spacial score (nSPS) is 11.8. The molecule has 0 bridgehead atoms. The first kappa shape index (κ1) is 23.5. The molecular formula is C40H25NS. The average molecular weight is 552 g/mol. The zero-order valence-electron chi connectivity index (χ0n) is 22.8. The molecule has 0 N–H and O–H groups in total. The van der Waals surface area contributed by atoms with Crippen LogP contribution in [0.3, 0.4) is 0 Å². The van der Waals surface area contributed by atoms with Gasteiger partial charge >= 0.3 is 0 Å². The second-order valence-corrected chi connectivity index (χ2v) is 12.0. The Morgan fingerprint density at radius 3 is 1.98 bits per heavy atom. The van der Waals surface area contributed by atoms with Gasteiger partial charge in [0.25, 0.3) is 0 Å². The zero-order valence-corrected chi connectivity index (χ0v) is 23.6. The van der Waals surface area contributed by atoms with Crippen LogP contribution in [0.5, 0.6) is 0 Å². The maximum atomic E-state index is 2.42. The van der Waals surface area contributed by atoms with E-state index in [1.54, 1.807) is 0 Å². The molecular weight excluding hydrogens is 527 g/mol. The third-order valence-corrected chi connectivity index (χ3v) is 9.78. The Morgan fingerprint density at radius 1 is 0.405 bits per heavy atom. The maximum absolute atomic E-state index is 2.42. The largest absolute Gasteiger partial charge is 0.309 e. The van der Waals surface area contributed by atoms with Gasteiger partial charge in [0.1, 0.15) is 0 Å². The van der Waals surface area contributed by atoms with Crippen molar-refractivity contribution < 1.29 is 0 Å². The SMILES string of the molecule is c1cc(-c2cccc(-n3c4ccccc4c4cc5ccccc5cc43)c2)cc(-c2cccc3c2sc2ccccc23)c1. The molecule has 1 nitrogen and oxygen atoms in total. The van der Waals surface area contributed by atoms with Crippen LogP contribution in [0.1, 0.15) is 0 Å². The number of hydrogen-bond acceptors (Lipinski definition) is 1. The predicted octanol–water partition coefficient (Wildman–Crippen LogP) is 11.6. The summed E-state index contributed by atoms with van der Waals surface area (Å²) in [5, 5.41) is 7.76. The summed E-state index contributed by atoms with van der Waals surface area (Å²) < 4.78 is 5.10. The lowest BCUT2D eigenvalue weighted by Gasteiger charge is -2.12. The molecule has 0 spiro atoms. The van der Waals surface area contributed by atoms with Crippen LogP contribution in [0.25, 0.3) is 80.7 Å². The Labute approximate surface area is 247 Å². The highest BCUT2D eigenvalue weighted by molar-refractivity contribution is 7.26. The zero-order chi connectivity index (χ0) is 27.6. The van der Waals surface area contributed by atoms with Crippen LogP contribution in [0.4, 0.5) is 0 Å². The first-order chi connectivity index (χ1) is 20.8. The highest BCUT2D eigenvalue weighted by Crippen LogP contribution is 2.41. The quantitative estimate of drug-likeness (QED) is 0.206. The van der Waals surface area contributed by atoms with E-state index in [0.29, 0.717) is 0 Å². The number of thiophene rings is 1. The summed E-state index contributed by atoms with van der Waals surface area (Å²) >= 11 is 1.89. The average Bonchev–Trinajstić information content (AvgIpc) is 3.59. The molecule has 0 amide bonds. The Hall–Kier alpha value is -5.18. The molecule has 196 valence electrons. The summed E-state index contributed by atoms with van der Waals surface area (Å²) in [5.41, 5.74) is 8.61. The van der Waals surface area contributed by atoms with Gasteiger partial charge in [-0.15, -0.1) is 11.3 Å². The fourth-order valence-electron chi connectivity index (χ4n) is 6.60. The van der Waals surface area contributed by atoms with Crippen LogP contribution in [0.2, 0.25) is 0 Å². The van der Waals surface area contributed by atoms with E-state index in [4.69, 9.17) is 0 Å². The van der Waals surface area contributed by atoms with E-state index in [1.807, 2.05) is 11.3 Å². The van der Waals surface area contributed by atoms with Gasteiger partial charge in [-0.1, -0.05) is 109 Å². The van der Waals surface area contributed by atoms with Gasteiger partial charge in [-0.2, -0.15) is 0 Å². The van der Waals surface area contributed by atoms with Gasteiger partial charge in [0.05, 0.1) is 11.0 Å². The van der Waals surface area contributed by atoms with Gasteiger partial charge in [-0.3, -0.25) is 0 Å². The molecule has 0 unspecified atom stereocenters. The van der Waals surface area contributed by atoms with Gasteiger partial charge in [0, 0.05) is 36.6 Å². The van der Waals surface area contributed by atoms with Crippen molar-refractivity contribution in [2.75, 3.05) is 0 Å². The highest BCUT2D eigenvalue weighted by Gasteiger charge is 2.15. The van der Waals surface area contributed by atoms with E-state index < -0.39 is 0 Å². The first-order valence-electron chi connectivity index (χ1n) is 14.4. The van der Waals surface area contributed by atoms with Crippen LogP contribution in [0, 0.1) is 0 Å². The van der Waals surface area contributed by atoms with Crippen LogP contribution >= 0.6 is 11.3 Å². The predicted molar refractivity (Wildman–Crippen MR) is 182 cm³/mol. The Bertz CT molecular complexity index is 2470. The van der Waals surface area contributed by atoms with Crippen LogP contribution in [0.15, 0.2) is 152 Å². The summed E-state index contributed by atoms with van der Waals surface area (Å²) in [5.74, 6) is 0. The number of nitrogens with zero attached hydrogens (tertiary/aromatic N) is 1. The van der Waals surface area contributed by atoms with E-state index in [1.165, 1.54) is 80.7 Å². The summed E-state index contributed by atoms with van der Waals surface area (Å²) in [6.07, 6.45) is 0. The second-order valence-electron chi connectivity index (χ2n) is 11.0. The molecule has 2 heterocycles. The van der Waals surface area contributed by atoms with E-state index in [9.17, 15) is 0 Å². The van der Waals surface area contributed by atoms with Gasteiger partial charge in [0.2, 0.25) is 0 Å². The van der Waals surface area contributed by atoms with E-state index in [0.717, 1.165) is 0 Å². The Balaban J connectivity index is 1.21. The number of fused-ring (bicyclic) bond motifs is 7. The van der Waals surface area contributed by atoms with Crippen molar-refractivity contribution in [3.8, 4) is 27.9 Å². The molecule has 0 fully saturated rings. The molecule has 2 aromatic heterocycles. The third kappa shape index (κ3) is 3.56. The number of aromatic nitrogens is 1. The number of para-hydroxylation sites is 1. The van der Waals surface area contributed by atoms with Gasteiger partial charge < -0.3 is 4.57 Å². The maximum Gasteiger partial charge on any atom is 0.0547 e. The lowest BCUT2D eigenvalue weighted by atomic mass is 9.97. The summed E-state index contributed by atoms with van der Waals surface area (Å²) in [6.45, 7) is 0. The first-order valence-corrected chi connectivity index (χ1v) is 15.2. The van der Waals surface area contributed by atoms with E-state index >= 15 is 0 Å². The molecule has 0 aliphatic carbocycles. The van der Waals surface area contributed by atoms with Gasteiger partial charge in [-0.25, -0.2) is 0 Å². The van der Waals surface area contributed by atoms with Crippen molar-refractivity contribution in [3.05, 3.63) is 152 Å². The molecule has 0 saturated carbocycles.